The number of aromatic hydroxyl groups is 1. The molecule has 0 saturated heterocycles. The van der Waals surface area contributed by atoms with E-state index in [-0.39, 0.29) is 90.4 Å². The van der Waals surface area contributed by atoms with Crippen LogP contribution >= 0.6 is 34.2 Å². The number of esters is 7. The quantitative estimate of drug-likeness (QED) is 0.0122. The predicted molar refractivity (Wildman–Crippen MR) is 467 cm³/mol. The van der Waals surface area contributed by atoms with E-state index in [0.29, 0.717) is 68.5 Å². The lowest BCUT2D eigenvalue weighted by molar-refractivity contribution is -0.138. The molecule has 4 N–H and O–H groups in total. The summed E-state index contributed by atoms with van der Waals surface area (Å²) in [5.74, 6) is -6.70. The molecule has 35 nitrogen and oxygen atoms in total. The second-order valence-electron chi connectivity index (χ2n) is 23.9. The zero-order chi connectivity index (χ0) is 93.4. The van der Waals surface area contributed by atoms with Gasteiger partial charge in [0.1, 0.15) is 67.9 Å². The molecule has 4 aliphatic heterocycles. The molecule has 0 aromatic heterocycles. The normalized spacial score (nSPS) is 12.2. The first-order chi connectivity index (χ1) is 59.5. The van der Waals surface area contributed by atoms with Crippen molar-refractivity contribution < 1.29 is 149 Å². The number of ether oxygens (including phenoxy) is 11. The van der Waals surface area contributed by atoms with Gasteiger partial charge < -0.3 is 72.7 Å². The molecule has 0 unspecified atom stereocenters. The Morgan fingerprint density at radius 3 is 0.944 bits per heavy atom. The number of amides is 7. The lowest BCUT2D eigenvalue weighted by atomic mass is 10.1. The number of carbonyl (C=O) groups excluding carboxylic acids is 15. The maximum atomic E-state index is 11.9. The highest BCUT2D eigenvalue weighted by molar-refractivity contribution is 14.1. The molecular formula is C89H88ClIN4O31. The van der Waals surface area contributed by atoms with Gasteiger partial charge in [-0.3, -0.25) is 57.9 Å². The van der Waals surface area contributed by atoms with E-state index in [1.54, 1.807) is 91.0 Å². The summed E-state index contributed by atoms with van der Waals surface area (Å²) < 4.78 is 53.8. The van der Waals surface area contributed by atoms with Crippen LogP contribution in [0.2, 0.25) is 0 Å². The lowest BCUT2D eigenvalue weighted by Crippen LogP contribution is -2.30. The Bertz CT molecular complexity index is 5230. The van der Waals surface area contributed by atoms with E-state index in [4.69, 9.17) is 45.5 Å². The molecule has 37 heteroatoms. The number of phenolic OH excluding ortho intramolecular Hbond substituents is 1. The zero-order valence-corrected chi connectivity index (χ0v) is 71.7. The lowest BCUT2D eigenvalue weighted by Gasteiger charge is -2.10. The average molecular weight is 1870 g/mol. The number of benzene rings is 6. The summed E-state index contributed by atoms with van der Waals surface area (Å²) >= 11 is 7.30. The molecule has 664 valence electrons. The van der Waals surface area contributed by atoms with E-state index in [9.17, 15) is 86.6 Å². The predicted octanol–water partition coefficient (Wildman–Crippen LogP) is 10.4. The zero-order valence-electron chi connectivity index (χ0n) is 68.8. The monoisotopic (exact) mass is 1870 g/mol. The third kappa shape index (κ3) is 36.1. The first-order valence-corrected chi connectivity index (χ1v) is 37.2. The Balaban J connectivity index is 0.000000502. The molecule has 0 bridgehead atoms. The Morgan fingerprint density at radius 1 is 0.397 bits per heavy atom. The molecular weight excluding hydrogens is 1780 g/mol. The van der Waals surface area contributed by atoms with Crippen molar-refractivity contribution in [2.24, 2.45) is 0 Å². The van der Waals surface area contributed by atoms with Crippen LogP contribution in [-0.2, 0) is 81.2 Å². The molecule has 4 heterocycles. The number of imide groups is 3. The number of phenols is 1. The van der Waals surface area contributed by atoms with E-state index in [1.165, 1.54) is 193 Å². The minimum atomic E-state index is -1.06. The molecule has 6 aromatic carbocycles. The number of carboxylic acids is 2. The van der Waals surface area contributed by atoms with Crippen molar-refractivity contribution in [3.63, 3.8) is 0 Å². The summed E-state index contributed by atoms with van der Waals surface area (Å²) in [7, 11) is 13.5. The number of rotatable bonds is 22. The number of nitrogens with one attached hydrogen (secondary N) is 1. The van der Waals surface area contributed by atoms with Crippen molar-refractivity contribution >= 4 is 165 Å². The van der Waals surface area contributed by atoms with Crippen LogP contribution in [0.5, 0.6) is 34.5 Å². The fraction of sp³-hybridized carbons (Fsp3) is 0.180. The molecule has 7 amide bonds. The van der Waals surface area contributed by atoms with Gasteiger partial charge in [-0.15, -0.1) is 0 Å². The molecule has 0 atom stereocenters. The summed E-state index contributed by atoms with van der Waals surface area (Å²) in [6.45, 7) is 5.65. The fourth-order valence-corrected chi connectivity index (χ4v) is 10.3. The van der Waals surface area contributed by atoms with E-state index < -0.39 is 70.7 Å². The SMILES string of the molecule is C.C=CC(=O)O.COC(=O)c1cc(/C=C/C(=O)Cl)ccc1OC.COC(=O)c1cc(/C=C/C(=O)N2CC=CC2=O)ccc1O.COC(=O)c1cc(/C=C/C(=O)N2CC=CC2=O)ccc1OC.COC(=O)c1cc(/C=C/C(=O)N2CC=CC2=O)ccc1OC(C)=O.COC(=O)c1cc(/C=C/C(=O)O)ccc1OC.COC(=O)c1cc(I)ccc1OC.O=C1C=CCN1. The van der Waals surface area contributed by atoms with Crippen LogP contribution in [0.15, 0.2) is 201 Å². The van der Waals surface area contributed by atoms with Gasteiger partial charge in [0.15, 0.2) is 0 Å². The summed E-state index contributed by atoms with van der Waals surface area (Å²) in [6.07, 6.45) is 26.3. The minimum absolute atomic E-state index is 0. The number of carboxylic acid groups (broad SMARTS) is 2. The van der Waals surface area contributed by atoms with Gasteiger partial charge in [-0.25, -0.2) is 38.4 Å². The highest BCUT2D eigenvalue weighted by Crippen LogP contribution is 2.28. The minimum Gasteiger partial charge on any atom is -0.507 e. The Hall–Kier alpha value is -15.5. The number of hydrogen-bond acceptors (Lipinski definition) is 29. The van der Waals surface area contributed by atoms with Crippen molar-refractivity contribution in [2.75, 3.05) is 97.3 Å². The van der Waals surface area contributed by atoms with Crippen molar-refractivity contribution in [1.29, 1.82) is 0 Å². The topological polar surface area (TPSA) is 474 Å². The van der Waals surface area contributed by atoms with Crippen LogP contribution in [0.25, 0.3) is 30.4 Å². The van der Waals surface area contributed by atoms with Crippen LogP contribution in [-0.4, -0.2) is 228 Å². The molecule has 126 heavy (non-hydrogen) atoms. The van der Waals surface area contributed by atoms with E-state index in [0.717, 1.165) is 30.4 Å². The Labute approximate surface area is 741 Å². The standard InChI is InChI=1S/C17H15NO6.C16H15NO5.C15H13NO5.C12H11ClO4.C12H12O5.C9H9IO3.C4H5NO.C3H4O2.CH4/c1-11(19)24-14-7-5-12(10-13(14)17(22)23-2)6-8-16(21)18-9-3-4-15(18)20;1-21-13-7-5-11(10-12(13)16(20)22-2)6-8-15(19)17-9-3-4-14(17)18;1-21-15(20)11-9-10(4-6-12(11)17)5-7-14(19)16-8-2-3-13(16)18;2*1-16-10-5-3-8(4-6-11(13)14)7-9(10)12(15)17-2;1-12-8-4-3-6(10)5-7(8)9(11)13-2;6-4-2-1-3-5-4;1-2-3(4)5;/h3-8,10H,9H2,1-2H3;3-8,10H,9H2,1-2H3;2-7,9,17H,8H2,1H3;3-7H,1-2H3;3-7H,1-2H3,(H,13,14);3-5H,1-2H3;1-2H,3H2,(H,5,6);2H,1H2,(H,4,5);1H4/b2*8-6+;7-5+;2*6-4+;;;;. The number of aliphatic carboxylic acids is 2. The van der Waals surface area contributed by atoms with E-state index >= 15 is 0 Å². The van der Waals surface area contributed by atoms with E-state index in [1.807, 2.05) is 6.07 Å². The summed E-state index contributed by atoms with van der Waals surface area (Å²) in [4.78, 5) is 193. The van der Waals surface area contributed by atoms with Crippen molar-refractivity contribution in [3.05, 3.63) is 266 Å². The average Bonchev–Trinajstić information content (AvgIpc) is 1.79. The van der Waals surface area contributed by atoms with Crippen LogP contribution in [0.4, 0.5) is 0 Å². The molecule has 0 spiro atoms. The molecule has 0 aliphatic carbocycles. The van der Waals surface area contributed by atoms with Gasteiger partial charge in [-0.2, -0.15) is 0 Å². The molecule has 0 fully saturated rings. The van der Waals surface area contributed by atoms with Gasteiger partial charge in [0, 0.05) is 91.4 Å². The number of carbonyl (C=O) groups is 17. The first-order valence-electron chi connectivity index (χ1n) is 35.7. The van der Waals surface area contributed by atoms with Gasteiger partial charge in [-0.05, 0) is 171 Å². The molecule has 10 rings (SSSR count). The highest BCUT2D eigenvalue weighted by Gasteiger charge is 2.25. The van der Waals surface area contributed by atoms with Gasteiger partial charge in [0.2, 0.25) is 11.1 Å². The Kier molecular flexibility index (Phi) is 47.5. The van der Waals surface area contributed by atoms with E-state index in [2.05, 4.69) is 62.9 Å². The smallest absolute Gasteiger partial charge is 0.341 e. The number of hydrogen-bond donors (Lipinski definition) is 4. The number of halogens is 2. The molecule has 0 saturated carbocycles. The van der Waals surface area contributed by atoms with Crippen LogP contribution in [0.1, 0.15) is 104 Å². The Morgan fingerprint density at radius 2 is 0.683 bits per heavy atom. The third-order valence-electron chi connectivity index (χ3n) is 15.7. The third-order valence-corrected chi connectivity index (χ3v) is 16.5. The van der Waals surface area contributed by atoms with Crippen molar-refractivity contribution in [3.8, 4) is 34.5 Å². The van der Waals surface area contributed by atoms with Crippen LogP contribution < -0.4 is 29.0 Å². The van der Waals surface area contributed by atoms with Crippen molar-refractivity contribution in [1.82, 2.24) is 20.0 Å². The van der Waals surface area contributed by atoms with Gasteiger partial charge >= 0.3 is 53.7 Å². The second kappa shape index (κ2) is 56.2. The van der Waals surface area contributed by atoms with Crippen LogP contribution in [0, 0.1) is 3.57 Å². The highest BCUT2D eigenvalue weighted by atomic mass is 127. The van der Waals surface area contributed by atoms with Gasteiger partial charge in [-0.1, -0.05) is 74.7 Å². The number of allylic oxidation sites excluding steroid dienone is 1. The van der Waals surface area contributed by atoms with Gasteiger partial charge in [0.05, 0.1) is 71.1 Å². The summed E-state index contributed by atoms with van der Waals surface area (Å²) in [5, 5.41) is 27.7. The molecule has 4 aliphatic rings. The van der Waals surface area contributed by atoms with Gasteiger partial charge in [0.25, 0.3) is 35.4 Å². The number of nitrogens with zero attached hydrogens (tertiary/aromatic N) is 3. The molecule has 0 radical (unpaired) electrons. The van der Waals surface area contributed by atoms with Crippen LogP contribution in [0.3, 0.4) is 0 Å². The first kappa shape index (κ1) is 107. The summed E-state index contributed by atoms with van der Waals surface area (Å²) in [5.41, 5.74) is 4.22. The summed E-state index contributed by atoms with van der Waals surface area (Å²) in [6, 6.07) is 28.5. The maximum Gasteiger partial charge on any atom is 0.341 e. The largest absolute Gasteiger partial charge is 0.507 e. The second-order valence-corrected chi connectivity index (χ2v) is 25.5. The fourth-order valence-electron chi connectivity index (χ4n) is 9.74. The van der Waals surface area contributed by atoms with Crippen molar-refractivity contribution in [2.45, 2.75) is 14.4 Å². The number of methoxy groups -OCH3 is 10. The maximum absolute atomic E-state index is 11.9. The molecule has 6 aromatic rings.